The summed E-state index contributed by atoms with van der Waals surface area (Å²) in [6, 6.07) is 7.59. The minimum absolute atomic E-state index is 0.207. The van der Waals surface area contributed by atoms with Gasteiger partial charge in [-0.3, -0.25) is 9.88 Å². The van der Waals surface area contributed by atoms with Crippen molar-refractivity contribution >= 4 is 15.8 Å². The molecule has 0 saturated carbocycles. The van der Waals surface area contributed by atoms with E-state index in [2.05, 4.69) is 24.8 Å². The summed E-state index contributed by atoms with van der Waals surface area (Å²) in [4.78, 5) is 17.6. The number of anilines is 1. The van der Waals surface area contributed by atoms with Crippen LogP contribution in [-0.2, 0) is 9.84 Å². The van der Waals surface area contributed by atoms with Crippen molar-refractivity contribution in [2.45, 2.75) is 0 Å². The predicted molar refractivity (Wildman–Crippen MR) is 93.6 cm³/mol. The Morgan fingerprint density at radius 3 is 2.46 bits per heavy atom. The molecule has 0 bridgehead atoms. The Hall–Kier alpha value is -2.06. The lowest BCUT2D eigenvalue weighted by Crippen LogP contribution is -2.48. The first-order chi connectivity index (χ1) is 11.5. The molecular formula is C16H21N5O2S. The molecule has 3 rings (SSSR count). The lowest BCUT2D eigenvalue weighted by atomic mass is 10.2. The van der Waals surface area contributed by atoms with Crippen molar-refractivity contribution < 1.29 is 8.42 Å². The Morgan fingerprint density at radius 2 is 1.79 bits per heavy atom. The van der Waals surface area contributed by atoms with Crippen molar-refractivity contribution in [3.8, 4) is 11.4 Å². The second kappa shape index (κ2) is 7.23. The summed E-state index contributed by atoms with van der Waals surface area (Å²) in [5.41, 5.74) is 1.63. The number of sulfone groups is 1. The minimum atomic E-state index is -2.91. The second-order valence-electron chi connectivity index (χ2n) is 5.92. The number of rotatable bonds is 5. The fourth-order valence-electron chi connectivity index (χ4n) is 2.62. The van der Waals surface area contributed by atoms with Crippen molar-refractivity contribution in [2.75, 3.05) is 49.6 Å². The van der Waals surface area contributed by atoms with Crippen LogP contribution < -0.4 is 4.90 Å². The highest BCUT2D eigenvalue weighted by Crippen LogP contribution is 2.17. The van der Waals surface area contributed by atoms with Crippen LogP contribution in [0.25, 0.3) is 11.4 Å². The molecule has 3 heterocycles. The molecule has 0 aliphatic carbocycles. The smallest absolute Gasteiger partial charge is 0.225 e. The highest BCUT2D eigenvalue weighted by Gasteiger charge is 2.20. The summed E-state index contributed by atoms with van der Waals surface area (Å²) in [5.74, 6) is 0.902. The summed E-state index contributed by atoms with van der Waals surface area (Å²) >= 11 is 0. The van der Waals surface area contributed by atoms with Gasteiger partial charge in [0.2, 0.25) is 5.95 Å². The average molecular weight is 347 g/mol. The monoisotopic (exact) mass is 347 g/mol. The summed E-state index contributed by atoms with van der Waals surface area (Å²) in [6.07, 6.45) is 4.78. The number of piperazine rings is 1. The predicted octanol–water partition coefficient (Wildman–Crippen LogP) is 0.705. The Morgan fingerprint density at radius 1 is 1.00 bits per heavy atom. The van der Waals surface area contributed by atoms with Crippen LogP contribution in [0.1, 0.15) is 0 Å². The van der Waals surface area contributed by atoms with E-state index in [9.17, 15) is 8.42 Å². The van der Waals surface area contributed by atoms with Gasteiger partial charge in [-0.25, -0.2) is 18.4 Å². The molecule has 0 atom stereocenters. The molecule has 0 amide bonds. The Labute approximate surface area is 142 Å². The lowest BCUT2D eigenvalue weighted by Gasteiger charge is -2.34. The standard InChI is InChI=1S/C16H21N5O2S/c1-24(22,23)13-12-20-8-10-21(11-9-20)16-18-7-5-15(19-16)14-4-2-3-6-17-14/h2-7H,8-13H2,1H3. The first-order valence-corrected chi connectivity index (χ1v) is 9.97. The van der Waals surface area contributed by atoms with Gasteiger partial charge in [-0.2, -0.15) is 0 Å². The quantitative estimate of drug-likeness (QED) is 0.788. The van der Waals surface area contributed by atoms with E-state index in [0.29, 0.717) is 12.5 Å². The van der Waals surface area contributed by atoms with E-state index < -0.39 is 9.84 Å². The fourth-order valence-corrected chi connectivity index (χ4v) is 3.21. The highest BCUT2D eigenvalue weighted by molar-refractivity contribution is 7.90. The van der Waals surface area contributed by atoms with E-state index in [1.165, 1.54) is 6.26 Å². The highest BCUT2D eigenvalue weighted by atomic mass is 32.2. The summed E-state index contributed by atoms with van der Waals surface area (Å²) < 4.78 is 22.5. The molecule has 0 unspecified atom stereocenters. The van der Waals surface area contributed by atoms with Crippen LogP contribution in [0.2, 0.25) is 0 Å². The summed E-state index contributed by atoms with van der Waals surface area (Å²) in [7, 11) is -2.91. The maximum absolute atomic E-state index is 11.3. The maximum atomic E-state index is 11.3. The minimum Gasteiger partial charge on any atom is -0.338 e. The van der Waals surface area contributed by atoms with Gasteiger partial charge in [-0.1, -0.05) is 6.07 Å². The van der Waals surface area contributed by atoms with Crippen molar-refractivity contribution in [1.29, 1.82) is 0 Å². The molecular weight excluding hydrogens is 326 g/mol. The van der Waals surface area contributed by atoms with Gasteiger partial charge in [0.05, 0.1) is 17.1 Å². The fraction of sp³-hybridized carbons (Fsp3) is 0.438. The van der Waals surface area contributed by atoms with Crippen LogP contribution in [0.5, 0.6) is 0 Å². The molecule has 2 aromatic heterocycles. The van der Waals surface area contributed by atoms with Gasteiger partial charge in [0.25, 0.3) is 0 Å². The van der Waals surface area contributed by atoms with Crippen LogP contribution in [0.3, 0.4) is 0 Å². The van der Waals surface area contributed by atoms with E-state index in [4.69, 9.17) is 0 Å². The molecule has 0 N–H and O–H groups in total. The molecule has 7 nitrogen and oxygen atoms in total. The van der Waals surface area contributed by atoms with Crippen LogP contribution in [0.4, 0.5) is 5.95 Å². The molecule has 128 valence electrons. The normalized spacial score (nSPS) is 16.3. The second-order valence-corrected chi connectivity index (χ2v) is 8.18. The third-order valence-corrected chi connectivity index (χ3v) is 4.93. The molecule has 8 heteroatoms. The van der Waals surface area contributed by atoms with E-state index in [-0.39, 0.29) is 5.75 Å². The Kier molecular flexibility index (Phi) is 5.06. The first kappa shape index (κ1) is 16.8. The molecule has 0 spiro atoms. The van der Waals surface area contributed by atoms with Crippen LogP contribution >= 0.6 is 0 Å². The molecule has 1 aliphatic rings. The van der Waals surface area contributed by atoms with Crippen LogP contribution in [0.15, 0.2) is 36.7 Å². The van der Waals surface area contributed by atoms with E-state index >= 15 is 0 Å². The number of hydrogen-bond acceptors (Lipinski definition) is 7. The molecule has 1 saturated heterocycles. The zero-order valence-electron chi connectivity index (χ0n) is 13.7. The van der Waals surface area contributed by atoms with Gasteiger partial charge in [-0.05, 0) is 18.2 Å². The van der Waals surface area contributed by atoms with Gasteiger partial charge >= 0.3 is 0 Å². The van der Waals surface area contributed by atoms with E-state index in [1.54, 1.807) is 12.4 Å². The van der Waals surface area contributed by atoms with Gasteiger partial charge in [0.15, 0.2) is 0 Å². The molecule has 0 aromatic carbocycles. The van der Waals surface area contributed by atoms with Crippen molar-refractivity contribution in [1.82, 2.24) is 19.9 Å². The van der Waals surface area contributed by atoms with Gasteiger partial charge in [0, 0.05) is 51.4 Å². The van der Waals surface area contributed by atoms with E-state index in [1.807, 2.05) is 24.3 Å². The topological polar surface area (TPSA) is 79.3 Å². The van der Waals surface area contributed by atoms with Crippen LogP contribution in [0, 0.1) is 0 Å². The van der Waals surface area contributed by atoms with Gasteiger partial charge < -0.3 is 4.90 Å². The van der Waals surface area contributed by atoms with Crippen LogP contribution in [-0.4, -0.2) is 73.0 Å². The number of aromatic nitrogens is 3. The average Bonchev–Trinajstić information content (AvgIpc) is 2.61. The SMILES string of the molecule is CS(=O)(=O)CCN1CCN(c2nccc(-c3ccccn3)n2)CC1. The van der Waals surface area contributed by atoms with Crippen molar-refractivity contribution in [3.63, 3.8) is 0 Å². The summed E-state index contributed by atoms with van der Waals surface area (Å²) in [5, 5.41) is 0. The zero-order valence-corrected chi connectivity index (χ0v) is 14.5. The largest absolute Gasteiger partial charge is 0.338 e. The number of pyridine rings is 1. The summed E-state index contributed by atoms with van der Waals surface area (Å²) in [6.45, 7) is 3.78. The molecule has 2 aromatic rings. The maximum Gasteiger partial charge on any atom is 0.225 e. The molecule has 0 radical (unpaired) electrons. The van der Waals surface area contributed by atoms with Crippen molar-refractivity contribution in [2.24, 2.45) is 0 Å². The third kappa shape index (κ3) is 4.48. The first-order valence-electron chi connectivity index (χ1n) is 7.91. The third-order valence-electron chi connectivity index (χ3n) is 4.00. The molecule has 24 heavy (non-hydrogen) atoms. The van der Waals surface area contributed by atoms with Gasteiger partial charge in [0.1, 0.15) is 9.84 Å². The Bertz CT molecular complexity index is 774. The Balaban J connectivity index is 1.63. The number of nitrogens with zero attached hydrogens (tertiary/aromatic N) is 5. The van der Waals surface area contributed by atoms with Gasteiger partial charge in [-0.15, -0.1) is 0 Å². The molecule has 1 fully saturated rings. The number of hydrogen-bond donors (Lipinski definition) is 0. The lowest BCUT2D eigenvalue weighted by molar-refractivity contribution is 0.270. The van der Waals surface area contributed by atoms with E-state index in [0.717, 1.165) is 37.6 Å². The molecule has 1 aliphatic heterocycles. The van der Waals surface area contributed by atoms with Crippen molar-refractivity contribution in [3.05, 3.63) is 36.7 Å². The zero-order chi connectivity index (χ0) is 17.0.